The molecular weight excluding hydrogens is 282 g/mol. The summed E-state index contributed by atoms with van der Waals surface area (Å²) in [6.45, 7) is 0.453. The largest absolute Gasteiger partial charge is 0.346 e. The van der Waals surface area contributed by atoms with E-state index in [1.54, 1.807) is 12.1 Å². The first-order chi connectivity index (χ1) is 9.13. The van der Waals surface area contributed by atoms with E-state index >= 15 is 0 Å². The Bertz CT molecular complexity index is 615. The summed E-state index contributed by atoms with van der Waals surface area (Å²) in [5.74, 6) is 0.563. The summed E-state index contributed by atoms with van der Waals surface area (Å²) >= 11 is 7.09. The summed E-state index contributed by atoms with van der Waals surface area (Å²) in [6.07, 6.45) is 2.50. The van der Waals surface area contributed by atoms with Crippen LogP contribution in [0.25, 0.3) is 0 Å². The van der Waals surface area contributed by atoms with Crippen LogP contribution >= 0.6 is 22.9 Å². The third kappa shape index (κ3) is 2.82. The zero-order chi connectivity index (χ0) is 13.4. The molecule has 1 fully saturated rings. The lowest BCUT2D eigenvalue weighted by molar-refractivity contribution is 0.0954. The number of aromatic nitrogens is 2. The van der Waals surface area contributed by atoms with Crippen molar-refractivity contribution in [2.45, 2.75) is 25.3 Å². The Hall–Kier alpha value is -1.33. The van der Waals surface area contributed by atoms with Gasteiger partial charge in [0.05, 0.1) is 21.5 Å². The van der Waals surface area contributed by atoms with Gasteiger partial charge in [-0.3, -0.25) is 9.48 Å². The number of hydrogen-bond acceptors (Lipinski definition) is 3. The fourth-order valence-electron chi connectivity index (χ4n) is 2.09. The number of rotatable bonds is 4. The van der Waals surface area contributed by atoms with Crippen molar-refractivity contribution in [2.24, 2.45) is 7.05 Å². The highest BCUT2D eigenvalue weighted by atomic mass is 35.5. The average molecular weight is 296 g/mol. The predicted octanol–water partition coefficient (Wildman–Crippen LogP) is 2.94. The van der Waals surface area contributed by atoms with Crippen LogP contribution in [-0.4, -0.2) is 15.7 Å². The monoisotopic (exact) mass is 295 g/mol. The lowest BCUT2D eigenvalue weighted by Gasteiger charge is -1.99. The summed E-state index contributed by atoms with van der Waals surface area (Å²) < 4.78 is 2.54. The van der Waals surface area contributed by atoms with Crippen LogP contribution in [0.15, 0.2) is 18.2 Å². The van der Waals surface area contributed by atoms with E-state index in [4.69, 9.17) is 11.6 Å². The Kier molecular flexibility index (Phi) is 3.33. The first-order valence-corrected chi connectivity index (χ1v) is 7.39. The highest BCUT2D eigenvalue weighted by Gasteiger charge is 2.27. The van der Waals surface area contributed by atoms with Crippen LogP contribution in [0, 0.1) is 0 Å². The standard InChI is InChI=1S/C13H14ClN3OS/c1-17-10(8-2-3-8)6-9(16-17)7-15-13(18)11-4-5-12(14)19-11/h4-6,8H,2-3,7H2,1H3,(H,15,18). The van der Waals surface area contributed by atoms with Crippen LogP contribution in [0.1, 0.15) is 39.8 Å². The number of amides is 1. The second kappa shape index (κ2) is 4.98. The molecule has 3 rings (SSSR count). The molecule has 0 bridgehead atoms. The van der Waals surface area contributed by atoms with Crippen molar-refractivity contribution >= 4 is 28.8 Å². The zero-order valence-corrected chi connectivity index (χ0v) is 12.1. The zero-order valence-electron chi connectivity index (χ0n) is 10.5. The maximum absolute atomic E-state index is 11.9. The molecule has 2 aromatic heterocycles. The molecule has 0 unspecified atom stereocenters. The molecule has 2 aromatic rings. The number of nitrogens with zero attached hydrogens (tertiary/aromatic N) is 2. The maximum Gasteiger partial charge on any atom is 0.261 e. The molecule has 0 aromatic carbocycles. The number of halogens is 1. The normalized spacial score (nSPS) is 14.6. The average Bonchev–Trinajstić information content (AvgIpc) is 3.03. The van der Waals surface area contributed by atoms with Crippen molar-refractivity contribution in [1.82, 2.24) is 15.1 Å². The van der Waals surface area contributed by atoms with Crippen LogP contribution in [0.3, 0.4) is 0 Å². The van der Waals surface area contributed by atoms with Gasteiger partial charge in [-0.25, -0.2) is 0 Å². The van der Waals surface area contributed by atoms with Gasteiger partial charge in [-0.05, 0) is 31.0 Å². The van der Waals surface area contributed by atoms with Crippen molar-refractivity contribution < 1.29 is 4.79 Å². The molecule has 19 heavy (non-hydrogen) atoms. The number of carbonyl (C=O) groups is 1. The number of hydrogen-bond donors (Lipinski definition) is 1. The van der Waals surface area contributed by atoms with Crippen molar-refractivity contribution in [1.29, 1.82) is 0 Å². The Morgan fingerprint density at radius 3 is 3.00 bits per heavy atom. The van der Waals surface area contributed by atoms with Crippen LogP contribution in [0.2, 0.25) is 4.34 Å². The summed E-state index contributed by atoms with van der Waals surface area (Å²) in [5.41, 5.74) is 2.17. The Balaban J connectivity index is 1.62. The van der Waals surface area contributed by atoms with Gasteiger partial charge in [0, 0.05) is 18.7 Å². The van der Waals surface area contributed by atoms with Crippen molar-refractivity contribution in [3.05, 3.63) is 38.8 Å². The van der Waals surface area contributed by atoms with Crippen LogP contribution in [0.4, 0.5) is 0 Å². The second-order valence-corrected chi connectivity index (χ2v) is 6.46. The minimum atomic E-state index is -0.101. The van der Waals surface area contributed by atoms with Gasteiger partial charge in [-0.15, -0.1) is 11.3 Å². The summed E-state index contributed by atoms with van der Waals surface area (Å²) in [5, 5.41) is 7.29. The fraction of sp³-hybridized carbons (Fsp3) is 0.385. The maximum atomic E-state index is 11.9. The molecule has 1 saturated carbocycles. The minimum absolute atomic E-state index is 0.101. The third-order valence-electron chi connectivity index (χ3n) is 3.19. The van der Waals surface area contributed by atoms with Crippen LogP contribution < -0.4 is 5.32 Å². The van der Waals surface area contributed by atoms with E-state index < -0.39 is 0 Å². The quantitative estimate of drug-likeness (QED) is 0.943. The first-order valence-electron chi connectivity index (χ1n) is 6.20. The molecule has 6 heteroatoms. The summed E-state index contributed by atoms with van der Waals surface area (Å²) in [7, 11) is 1.96. The van der Waals surface area contributed by atoms with Crippen molar-refractivity contribution in [3.63, 3.8) is 0 Å². The predicted molar refractivity (Wildman–Crippen MR) is 75.7 cm³/mol. The smallest absolute Gasteiger partial charge is 0.261 e. The van der Waals surface area contributed by atoms with Gasteiger partial charge in [0.1, 0.15) is 0 Å². The van der Waals surface area contributed by atoms with E-state index in [0.29, 0.717) is 21.7 Å². The molecule has 1 N–H and O–H groups in total. The molecule has 0 saturated heterocycles. The molecule has 100 valence electrons. The number of aryl methyl sites for hydroxylation is 1. The van der Waals surface area contributed by atoms with E-state index in [-0.39, 0.29) is 5.91 Å². The first kappa shape index (κ1) is 12.7. The molecule has 0 spiro atoms. The van der Waals surface area contributed by atoms with Crippen molar-refractivity contribution in [3.8, 4) is 0 Å². The van der Waals surface area contributed by atoms with Crippen molar-refractivity contribution in [2.75, 3.05) is 0 Å². The highest BCUT2D eigenvalue weighted by Crippen LogP contribution is 2.39. The van der Waals surface area contributed by atoms with E-state index in [1.165, 1.54) is 29.9 Å². The Morgan fingerprint density at radius 1 is 1.58 bits per heavy atom. The van der Waals surface area contributed by atoms with Gasteiger partial charge >= 0.3 is 0 Å². The molecule has 0 atom stereocenters. The van der Waals surface area contributed by atoms with Gasteiger partial charge in [0.2, 0.25) is 0 Å². The molecule has 1 amide bonds. The lowest BCUT2D eigenvalue weighted by Crippen LogP contribution is -2.22. The Morgan fingerprint density at radius 2 is 2.37 bits per heavy atom. The molecule has 0 aliphatic heterocycles. The third-order valence-corrected chi connectivity index (χ3v) is 4.42. The lowest BCUT2D eigenvalue weighted by atomic mass is 10.2. The van der Waals surface area contributed by atoms with E-state index in [2.05, 4.69) is 16.5 Å². The van der Waals surface area contributed by atoms with Gasteiger partial charge in [-0.1, -0.05) is 11.6 Å². The summed E-state index contributed by atoms with van der Waals surface area (Å²) in [6, 6.07) is 5.54. The molecule has 4 nitrogen and oxygen atoms in total. The molecule has 1 aliphatic rings. The van der Waals surface area contributed by atoms with Crippen LogP contribution in [0.5, 0.6) is 0 Å². The SMILES string of the molecule is Cn1nc(CNC(=O)c2ccc(Cl)s2)cc1C1CC1. The van der Waals surface area contributed by atoms with Gasteiger partial charge in [0.15, 0.2) is 0 Å². The topological polar surface area (TPSA) is 46.9 Å². The van der Waals surface area contributed by atoms with E-state index in [0.717, 1.165) is 5.69 Å². The number of nitrogens with one attached hydrogen (secondary N) is 1. The summed E-state index contributed by atoms with van der Waals surface area (Å²) in [4.78, 5) is 12.5. The molecule has 0 radical (unpaired) electrons. The molecule has 1 aliphatic carbocycles. The highest BCUT2D eigenvalue weighted by molar-refractivity contribution is 7.17. The number of carbonyl (C=O) groups excluding carboxylic acids is 1. The van der Waals surface area contributed by atoms with Crippen LogP contribution in [-0.2, 0) is 13.6 Å². The van der Waals surface area contributed by atoms with Gasteiger partial charge < -0.3 is 5.32 Å². The number of thiophene rings is 1. The Labute approximate surface area is 120 Å². The van der Waals surface area contributed by atoms with Gasteiger partial charge in [0.25, 0.3) is 5.91 Å². The van der Waals surface area contributed by atoms with Gasteiger partial charge in [-0.2, -0.15) is 5.10 Å². The fourth-order valence-corrected chi connectivity index (χ4v) is 3.04. The minimum Gasteiger partial charge on any atom is -0.346 e. The van der Waals surface area contributed by atoms with E-state index in [1.807, 2.05) is 11.7 Å². The second-order valence-electron chi connectivity index (χ2n) is 4.74. The molecular formula is C13H14ClN3OS. The molecule has 2 heterocycles. The van der Waals surface area contributed by atoms with E-state index in [9.17, 15) is 4.79 Å².